The summed E-state index contributed by atoms with van der Waals surface area (Å²) in [4.78, 5) is 28.2. The van der Waals surface area contributed by atoms with Crippen molar-refractivity contribution in [2.24, 2.45) is 52.8 Å². The summed E-state index contributed by atoms with van der Waals surface area (Å²) in [6, 6.07) is 0.706. The van der Waals surface area contributed by atoms with Crippen LogP contribution in [0.15, 0.2) is 0 Å². The molecule has 182 valence electrons. The molecule has 1 N–H and O–H groups in total. The van der Waals surface area contributed by atoms with Gasteiger partial charge >= 0.3 is 6.03 Å². The Morgan fingerprint density at radius 2 is 1.64 bits per heavy atom. The Kier molecular flexibility index (Phi) is 4.65. The lowest BCUT2D eigenvalue weighted by molar-refractivity contribution is -0.136. The van der Waals surface area contributed by atoms with Gasteiger partial charge in [-0.25, -0.2) is 4.79 Å². The number of carbonyl (C=O) groups excluding carboxylic acids is 2. The van der Waals surface area contributed by atoms with Gasteiger partial charge < -0.3 is 10.2 Å². The topological polar surface area (TPSA) is 49.4 Å². The van der Waals surface area contributed by atoms with Crippen LogP contribution >= 0.6 is 0 Å². The highest BCUT2D eigenvalue weighted by Gasteiger charge is 2.61. The van der Waals surface area contributed by atoms with Crippen molar-refractivity contribution in [3.63, 3.8) is 0 Å². The molecule has 0 aromatic rings. The number of carbonyl (C=O) groups is 2. The number of urea groups is 1. The molecule has 4 heteroatoms. The molecule has 1 unspecified atom stereocenters. The number of hydrogen-bond donors (Lipinski definition) is 1. The fourth-order valence-corrected chi connectivity index (χ4v) is 11.4. The minimum atomic E-state index is 0.0326. The number of hydrogen-bond acceptors (Lipinski definition) is 2. The maximum Gasteiger partial charge on any atom is 0.318 e. The first kappa shape index (κ1) is 21.2. The van der Waals surface area contributed by atoms with Crippen LogP contribution in [-0.2, 0) is 4.79 Å². The summed E-state index contributed by atoms with van der Waals surface area (Å²) >= 11 is 0. The van der Waals surface area contributed by atoms with Gasteiger partial charge in [0, 0.05) is 31.0 Å². The van der Waals surface area contributed by atoms with Crippen molar-refractivity contribution in [1.82, 2.24) is 10.2 Å². The first-order valence-electron chi connectivity index (χ1n) is 14.4. The zero-order valence-corrected chi connectivity index (χ0v) is 20.9. The Hall–Kier alpha value is -1.06. The van der Waals surface area contributed by atoms with E-state index in [9.17, 15) is 9.59 Å². The smallest absolute Gasteiger partial charge is 0.318 e. The zero-order chi connectivity index (χ0) is 22.5. The largest absolute Gasteiger partial charge is 0.335 e. The van der Waals surface area contributed by atoms with Crippen LogP contribution in [0.25, 0.3) is 0 Å². The predicted octanol–water partition coefficient (Wildman–Crippen LogP) is 5.80. The van der Waals surface area contributed by atoms with Gasteiger partial charge in [-0.3, -0.25) is 4.79 Å². The molecule has 2 amide bonds. The Morgan fingerprint density at radius 1 is 0.909 bits per heavy atom. The molecule has 1 heterocycles. The van der Waals surface area contributed by atoms with Gasteiger partial charge in [0.2, 0.25) is 0 Å². The lowest BCUT2D eigenvalue weighted by Crippen LogP contribution is -2.62. The highest BCUT2D eigenvalue weighted by atomic mass is 16.2. The number of nitrogens with one attached hydrogen (secondary N) is 1. The second-order valence-corrected chi connectivity index (χ2v) is 14.1. The molecule has 33 heavy (non-hydrogen) atoms. The molecular weight excluding hydrogens is 408 g/mol. The van der Waals surface area contributed by atoms with Gasteiger partial charge in [0.25, 0.3) is 0 Å². The Labute approximate surface area is 200 Å². The van der Waals surface area contributed by atoms with E-state index < -0.39 is 0 Å². The second kappa shape index (κ2) is 7.23. The van der Waals surface area contributed by atoms with Crippen LogP contribution in [0, 0.1) is 52.8 Å². The van der Waals surface area contributed by atoms with Gasteiger partial charge in [-0.15, -0.1) is 0 Å². The summed E-state index contributed by atoms with van der Waals surface area (Å²) in [7, 11) is 0. The molecule has 4 bridgehead atoms. The van der Waals surface area contributed by atoms with E-state index in [2.05, 4.69) is 24.1 Å². The third-order valence-corrected chi connectivity index (χ3v) is 12.9. The summed E-state index contributed by atoms with van der Waals surface area (Å²) in [5, 5.41) is 3.64. The van der Waals surface area contributed by atoms with Crippen LogP contribution in [0.2, 0.25) is 0 Å². The zero-order valence-electron chi connectivity index (χ0n) is 20.9. The van der Waals surface area contributed by atoms with Crippen molar-refractivity contribution < 1.29 is 9.59 Å². The molecule has 8 aliphatic rings. The molecular formula is C29H44N2O2. The molecule has 0 radical (unpaired) electrons. The summed E-state index contributed by atoms with van der Waals surface area (Å²) in [5.41, 5.74) is 0.388. The number of likely N-dealkylation sites (tertiary alicyclic amines) is 1. The van der Waals surface area contributed by atoms with E-state index in [4.69, 9.17) is 0 Å². The van der Waals surface area contributed by atoms with Crippen molar-refractivity contribution in [3.8, 4) is 0 Å². The Balaban J connectivity index is 1.08. The average molecular weight is 453 g/mol. The number of nitrogens with zero attached hydrogens (tertiary/aromatic N) is 1. The molecule has 4 nitrogen and oxygen atoms in total. The quantitative estimate of drug-likeness (QED) is 0.547. The van der Waals surface area contributed by atoms with E-state index >= 15 is 0 Å². The van der Waals surface area contributed by atoms with Crippen molar-refractivity contribution in [2.75, 3.05) is 6.54 Å². The standard InChI is InChI=1S/C29H44N2O2/c1-28-8-5-22(32)16-21(28)3-4-23-24(28)6-9-29(2)25(23)7-10-31(29)27(33)30-26-19-12-17-11-18(14-19)15-20(26)13-17/h17-21,23-26H,3-16H2,1-2H3,(H,30,33)/t17?,18?,19?,20?,21?,23-,24-,25+,26?,28+,29+/m1/s1. The van der Waals surface area contributed by atoms with E-state index in [1.807, 2.05) is 0 Å². The molecule has 0 aromatic carbocycles. The number of fused-ring (bicyclic) bond motifs is 5. The summed E-state index contributed by atoms with van der Waals surface area (Å²) in [5.74, 6) is 6.68. The molecule has 8 rings (SSSR count). The highest BCUT2D eigenvalue weighted by molar-refractivity contribution is 5.79. The van der Waals surface area contributed by atoms with Crippen molar-refractivity contribution in [1.29, 1.82) is 0 Å². The first-order chi connectivity index (χ1) is 15.8. The van der Waals surface area contributed by atoms with Crippen LogP contribution in [0.1, 0.15) is 97.3 Å². The molecule has 7 aliphatic carbocycles. The van der Waals surface area contributed by atoms with E-state index in [1.165, 1.54) is 57.8 Å². The molecule has 1 saturated heterocycles. The molecule has 8 fully saturated rings. The van der Waals surface area contributed by atoms with E-state index in [-0.39, 0.29) is 11.6 Å². The lowest BCUT2D eigenvalue weighted by Gasteiger charge is -2.60. The first-order valence-corrected chi connectivity index (χ1v) is 14.4. The van der Waals surface area contributed by atoms with E-state index in [1.54, 1.807) is 0 Å². The Bertz CT molecular complexity index is 827. The normalized spacial score (nSPS) is 54.5. The van der Waals surface area contributed by atoms with Crippen LogP contribution in [0.4, 0.5) is 4.79 Å². The number of amides is 2. The van der Waals surface area contributed by atoms with Gasteiger partial charge in [0.05, 0.1) is 0 Å². The lowest BCUT2D eigenvalue weighted by atomic mass is 9.46. The number of ketones is 1. The van der Waals surface area contributed by atoms with Crippen LogP contribution in [0.5, 0.6) is 0 Å². The summed E-state index contributed by atoms with van der Waals surface area (Å²) < 4.78 is 0. The van der Waals surface area contributed by atoms with Crippen LogP contribution < -0.4 is 5.32 Å². The third kappa shape index (κ3) is 3.00. The van der Waals surface area contributed by atoms with E-state index in [0.717, 1.165) is 67.7 Å². The van der Waals surface area contributed by atoms with Gasteiger partial charge in [0.15, 0.2) is 0 Å². The SMILES string of the molecule is C[C@]12CCC(=O)CC1CC[C@@H]1[C@H]2CC[C@@]2(C)[C@H]1CCN2C(=O)NC1C2CC3CC(C2)CC1C3. The monoisotopic (exact) mass is 452 g/mol. The van der Waals surface area contributed by atoms with Gasteiger partial charge in [-0.2, -0.15) is 0 Å². The van der Waals surface area contributed by atoms with Gasteiger partial charge in [0.1, 0.15) is 5.78 Å². The van der Waals surface area contributed by atoms with Crippen LogP contribution in [-0.4, -0.2) is 34.8 Å². The second-order valence-electron chi connectivity index (χ2n) is 14.1. The third-order valence-electron chi connectivity index (χ3n) is 12.9. The molecule has 6 atom stereocenters. The number of Topliss-reactive ketones (excluding diaryl/α,β-unsaturated/α-hetero) is 1. The molecule has 1 aliphatic heterocycles. The van der Waals surface area contributed by atoms with Gasteiger partial charge in [-0.1, -0.05) is 6.92 Å². The fraction of sp³-hybridized carbons (Fsp3) is 0.931. The maximum atomic E-state index is 13.8. The fourth-order valence-electron chi connectivity index (χ4n) is 11.4. The van der Waals surface area contributed by atoms with Crippen LogP contribution in [0.3, 0.4) is 0 Å². The summed E-state index contributed by atoms with van der Waals surface area (Å²) in [6.45, 7) is 5.90. The van der Waals surface area contributed by atoms with Crippen molar-refractivity contribution in [3.05, 3.63) is 0 Å². The van der Waals surface area contributed by atoms with Gasteiger partial charge in [-0.05, 0) is 130 Å². The molecule has 7 saturated carbocycles. The number of rotatable bonds is 1. The Morgan fingerprint density at radius 3 is 2.36 bits per heavy atom. The van der Waals surface area contributed by atoms with E-state index in [0.29, 0.717) is 29.1 Å². The molecule has 0 aromatic heterocycles. The minimum Gasteiger partial charge on any atom is -0.335 e. The van der Waals surface area contributed by atoms with Crippen molar-refractivity contribution >= 4 is 11.8 Å². The molecule has 0 spiro atoms. The summed E-state index contributed by atoms with van der Waals surface area (Å²) in [6.07, 6.45) is 15.8. The predicted molar refractivity (Wildman–Crippen MR) is 128 cm³/mol. The highest BCUT2D eigenvalue weighted by Crippen LogP contribution is 2.63. The minimum absolute atomic E-state index is 0.0326. The maximum absolute atomic E-state index is 13.8. The van der Waals surface area contributed by atoms with Crippen molar-refractivity contribution in [2.45, 2.75) is 109 Å². The average Bonchev–Trinajstić information content (AvgIpc) is 3.13.